The zero-order valence-corrected chi connectivity index (χ0v) is 10.2. The Morgan fingerprint density at radius 1 is 1.56 bits per heavy atom. The van der Waals surface area contributed by atoms with E-state index >= 15 is 0 Å². The average Bonchev–Trinajstić information content (AvgIpc) is 2.73. The molecule has 0 aliphatic rings. The fraction of sp³-hybridized carbons (Fsp3) is 0. The molecule has 16 heavy (non-hydrogen) atoms. The quantitative estimate of drug-likeness (QED) is 0.659. The maximum absolute atomic E-state index is 7.35. The van der Waals surface area contributed by atoms with Gasteiger partial charge in [0.1, 0.15) is 16.4 Å². The van der Waals surface area contributed by atoms with Crippen molar-refractivity contribution in [3.63, 3.8) is 0 Å². The number of hydrogen-bond acceptors (Lipinski definition) is 6. The van der Waals surface area contributed by atoms with E-state index < -0.39 is 0 Å². The highest BCUT2D eigenvalue weighted by molar-refractivity contribution is 8.01. The number of amidine groups is 1. The van der Waals surface area contributed by atoms with Gasteiger partial charge in [-0.25, -0.2) is 4.98 Å². The second-order valence-corrected chi connectivity index (χ2v) is 5.15. The number of hydrogen-bond donors (Lipinski definition) is 2. The molecule has 0 aliphatic carbocycles. The van der Waals surface area contributed by atoms with E-state index in [9.17, 15) is 0 Å². The van der Waals surface area contributed by atoms with Crippen molar-refractivity contribution in [2.45, 2.75) is 9.37 Å². The van der Waals surface area contributed by atoms with Gasteiger partial charge in [0, 0.05) is 11.8 Å². The van der Waals surface area contributed by atoms with Crippen molar-refractivity contribution in [3.05, 3.63) is 28.4 Å². The van der Waals surface area contributed by atoms with Crippen LogP contribution in [0, 0.1) is 5.41 Å². The summed E-state index contributed by atoms with van der Waals surface area (Å²) < 4.78 is 0.745. The highest BCUT2D eigenvalue weighted by Crippen LogP contribution is 2.33. The molecule has 0 saturated carbocycles. The third-order valence-corrected chi connectivity index (χ3v) is 3.95. The van der Waals surface area contributed by atoms with Crippen LogP contribution in [0.1, 0.15) is 5.56 Å². The van der Waals surface area contributed by atoms with Gasteiger partial charge in [-0.3, -0.25) is 5.41 Å². The standard InChI is InChI=1S/C8H6ClN5S2/c9-5-4(6(10)11)1-2-12-7(5)16-8-14-13-3-15-8/h1-3H,(H3,10,11). The third-order valence-electron chi connectivity index (χ3n) is 1.67. The van der Waals surface area contributed by atoms with Crippen molar-refractivity contribution >= 4 is 40.5 Å². The van der Waals surface area contributed by atoms with E-state index in [-0.39, 0.29) is 5.84 Å². The van der Waals surface area contributed by atoms with Crippen LogP contribution in [-0.2, 0) is 0 Å². The molecule has 0 unspecified atom stereocenters. The van der Waals surface area contributed by atoms with Gasteiger partial charge in [-0.1, -0.05) is 22.9 Å². The Morgan fingerprint density at radius 3 is 3.00 bits per heavy atom. The molecule has 0 saturated heterocycles. The topological polar surface area (TPSA) is 88.5 Å². The van der Waals surface area contributed by atoms with Crippen molar-refractivity contribution in [3.8, 4) is 0 Å². The Balaban J connectivity index is 2.35. The molecule has 0 bridgehead atoms. The van der Waals surface area contributed by atoms with E-state index in [1.165, 1.54) is 23.1 Å². The average molecular weight is 272 g/mol. The lowest BCUT2D eigenvalue weighted by molar-refractivity contribution is 1.01. The van der Waals surface area contributed by atoms with Gasteiger partial charge in [0.15, 0.2) is 4.34 Å². The molecule has 8 heteroatoms. The number of nitrogen functional groups attached to an aromatic ring is 1. The second kappa shape index (κ2) is 4.77. The van der Waals surface area contributed by atoms with Gasteiger partial charge in [-0.15, -0.1) is 10.2 Å². The summed E-state index contributed by atoms with van der Waals surface area (Å²) in [5.74, 6) is -0.0773. The minimum absolute atomic E-state index is 0.0773. The summed E-state index contributed by atoms with van der Waals surface area (Å²) in [5.41, 5.74) is 7.50. The van der Waals surface area contributed by atoms with Crippen LogP contribution in [0.25, 0.3) is 0 Å². The van der Waals surface area contributed by atoms with Crippen LogP contribution in [0.15, 0.2) is 27.1 Å². The minimum Gasteiger partial charge on any atom is -0.384 e. The Hall–Kier alpha value is -1.18. The molecule has 3 N–H and O–H groups in total. The smallest absolute Gasteiger partial charge is 0.180 e. The Morgan fingerprint density at radius 2 is 2.38 bits per heavy atom. The number of aromatic nitrogens is 3. The molecule has 0 fully saturated rings. The van der Waals surface area contributed by atoms with Gasteiger partial charge in [0.2, 0.25) is 0 Å². The van der Waals surface area contributed by atoms with Crippen LogP contribution in [0.3, 0.4) is 0 Å². The van der Waals surface area contributed by atoms with Crippen molar-refractivity contribution in [2.24, 2.45) is 5.73 Å². The lowest BCUT2D eigenvalue weighted by Gasteiger charge is -2.04. The molecule has 2 heterocycles. The molecule has 0 amide bonds. The fourth-order valence-corrected chi connectivity index (χ4v) is 2.73. The van der Waals surface area contributed by atoms with Gasteiger partial charge in [-0.05, 0) is 17.8 Å². The Bertz CT molecular complexity index is 513. The zero-order valence-electron chi connectivity index (χ0n) is 7.85. The molecule has 2 aromatic rings. The predicted octanol–water partition coefficient (Wildman–Crippen LogP) is 2.02. The van der Waals surface area contributed by atoms with E-state index in [0.717, 1.165) is 4.34 Å². The number of rotatable bonds is 3. The Kier molecular flexibility index (Phi) is 3.37. The molecular weight excluding hydrogens is 266 g/mol. The lowest BCUT2D eigenvalue weighted by Crippen LogP contribution is -2.12. The first-order valence-electron chi connectivity index (χ1n) is 4.11. The van der Waals surface area contributed by atoms with Crippen LogP contribution in [0.2, 0.25) is 5.02 Å². The molecule has 2 aromatic heterocycles. The predicted molar refractivity (Wildman–Crippen MR) is 64.3 cm³/mol. The summed E-state index contributed by atoms with van der Waals surface area (Å²) in [4.78, 5) is 4.11. The number of nitrogens with two attached hydrogens (primary N) is 1. The van der Waals surface area contributed by atoms with Crippen LogP contribution >= 0.6 is 34.7 Å². The normalized spacial score (nSPS) is 10.3. The van der Waals surface area contributed by atoms with E-state index in [0.29, 0.717) is 15.6 Å². The summed E-state index contributed by atoms with van der Waals surface area (Å²) in [5, 5.41) is 15.9. The van der Waals surface area contributed by atoms with Crippen LogP contribution < -0.4 is 5.73 Å². The van der Waals surface area contributed by atoms with Gasteiger partial charge in [0.25, 0.3) is 0 Å². The van der Waals surface area contributed by atoms with E-state index in [4.69, 9.17) is 22.7 Å². The highest BCUT2D eigenvalue weighted by Gasteiger charge is 2.12. The minimum atomic E-state index is -0.0773. The van der Waals surface area contributed by atoms with Gasteiger partial charge >= 0.3 is 0 Å². The van der Waals surface area contributed by atoms with E-state index in [1.54, 1.807) is 17.8 Å². The largest absolute Gasteiger partial charge is 0.384 e. The van der Waals surface area contributed by atoms with Crippen molar-refractivity contribution in [2.75, 3.05) is 0 Å². The molecule has 0 atom stereocenters. The molecule has 0 aromatic carbocycles. The van der Waals surface area contributed by atoms with E-state index in [1.807, 2.05) is 0 Å². The van der Waals surface area contributed by atoms with Crippen molar-refractivity contribution in [1.82, 2.24) is 15.2 Å². The molecule has 5 nitrogen and oxygen atoms in total. The summed E-state index contributed by atoms with van der Waals surface area (Å²) in [6, 6.07) is 1.61. The lowest BCUT2D eigenvalue weighted by atomic mass is 10.2. The van der Waals surface area contributed by atoms with Gasteiger partial charge in [0.05, 0.1) is 5.02 Å². The monoisotopic (exact) mass is 271 g/mol. The number of nitrogens with zero attached hydrogens (tertiary/aromatic N) is 3. The second-order valence-electron chi connectivity index (χ2n) is 2.70. The molecule has 0 radical (unpaired) electrons. The van der Waals surface area contributed by atoms with Crippen LogP contribution in [0.4, 0.5) is 0 Å². The van der Waals surface area contributed by atoms with Gasteiger partial charge < -0.3 is 5.73 Å². The summed E-state index contributed by atoms with van der Waals surface area (Å²) in [7, 11) is 0. The third kappa shape index (κ3) is 2.31. The number of halogens is 1. The Labute approximate surface area is 105 Å². The zero-order chi connectivity index (χ0) is 11.5. The first-order chi connectivity index (χ1) is 7.68. The van der Waals surface area contributed by atoms with Crippen molar-refractivity contribution in [1.29, 1.82) is 5.41 Å². The summed E-state index contributed by atoms with van der Waals surface area (Å²) >= 11 is 8.77. The maximum Gasteiger partial charge on any atom is 0.180 e. The summed E-state index contributed by atoms with van der Waals surface area (Å²) in [6.45, 7) is 0. The van der Waals surface area contributed by atoms with Crippen LogP contribution in [-0.4, -0.2) is 21.0 Å². The number of nitrogens with one attached hydrogen (secondary N) is 1. The molecule has 0 aliphatic heterocycles. The molecule has 82 valence electrons. The van der Waals surface area contributed by atoms with E-state index in [2.05, 4.69) is 15.2 Å². The van der Waals surface area contributed by atoms with Crippen LogP contribution in [0.5, 0.6) is 0 Å². The highest BCUT2D eigenvalue weighted by atomic mass is 35.5. The van der Waals surface area contributed by atoms with Gasteiger partial charge in [-0.2, -0.15) is 0 Å². The maximum atomic E-state index is 7.35. The molecular formula is C8H6ClN5S2. The van der Waals surface area contributed by atoms with Crippen molar-refractivity contribution < 1.29 is 0 Å². The molecule has 2 rings (SSSR count). The SMILES string of the molecule is N=C(N)c1ccnc(Sc2nncs2)c1Cl. The fourth-order valence-electron chi connectivity index (χ4n) is 0.994. The molecule has 0 spiro atoms. The first kappa shape index (κ1) is 11.3. The number of pyridine rings is 1. The first-order valence-corrected chi connectivity index (χ1v) is 6.19. The summed E-state index contributed by atoms with van der Waals surface area (Å²) in [6.07, 6.45) is 1.56.